The zero-order valence-electron chi connectivity index (χ0n) is 17.9. The SMILES string of the molecule is COc1ccc(S(=O)(=O)Nc2cccc(NS(=O)(=O)c3ccc(OC)c(C)c3)n2)cc1C. The Labute approximate surface area is 187 Å². The molecule has 170 valence electrons. The summed E-state index contributed by atoms with van der Waals surface area (Å²) in [6.07, 6.45) is 0. The zero-order valence-corrected chi connectivity index (χ0v) is 19.5. The van der Waals surface area contributed by atoms with E-state index in [2.05, 4.69) is 14.4 Å². The summed E-state index contributed by atoms with van der Waals surface area (Å²) in [6.45, 7) is 3.46. The molecule has 32 heavy (non-hydrogen) atoms. The second-order valence-corrected chi connectivity index (χ2v) is 10.2. The maximum atomic E-state index is 12.7. The molecule has 0 bridgehead atoms. The summed E-state index contributed by atoms with van der Waals surface area (Å²) in [5.74, 6) is 1.05. The first-order valence-corrected chi connectivity index (χ1v) is 12.3. The molecule has 2 aromatic carbocycles. The zero-order chi connectivity index (χ0) is 23.5. The maximum absolute atomic E-state index is 12.7. The molecule has 0 aliphatic rings. The van der Waals surface area contributed by atoms with E-state index in [0.29, 0.717) is 22.6 Å². The largest absolute Gasteiger partial charge is 0.496 e. The molecule has 9 nitrogen and oxygen atoms in total. The van der Waals surface area contributed by atoms with Crippen LogP contribution in [0.4, 0.5) is 11.6 Å². The Morgan fingerprint density at radius 2 is 1.09 bits per heavy atom. The third-order valence-corrected chi connectivity index (χ3v) is 7.28. The summed E-state index contributed by atoms with van der Waals surface area (Å²) in [4.78, 5) is 4.13. The highest BCUT2D eigenvalue weighted by Gasteiger charge is 2.19. The number of aryl methyl sites for hydroxylation is 2. The van der Waals surface area contributed by atoms with E-state index in [1.165, 1.54) is 56.7 Å². The van der Waals surface area contributed by atoms with Gasteiger partial charge in [0.1, 0.15) is 23.1 Å². The molecule has 0 atom stereocenters. The number of sulfonamides is 2. The Kier molecular flexibility index (Phi) is 6.60. The summed E-state index contributed by atoms with van der Waals surface area (Å²) in [6, 6.07) is 13.2. The van der Waals surface area contributed by atoms with E-state index in [4.69, 9.17) is 9.47 Å². The molecule has 0 aliphatic carbocycles. The van der Waals surface area contributed by atoms with Crippen LogP contribution in [0.2, 0.25) is 0 Å². The van der Waals surface area contributed by atoms with Crippen LogP contribution in [0.3, 0.4) is 0 Å². The van der Waals surface area contributed by atoms with Crippen LogP contribution in [0.5, 0.6) is 11.5 Å². The van der Waals surface area contributed by atoms with Crippen LogP contribution in [0.1, 0.15) is 11.1 Å². The van der Waals surface area contributed by atoms with Gasteiger partial charge in [0.2, 0.25) is 0 Å². The number of nitrogens with zero attached hydrogens (tertiary/aromatic N) is 1. The number of ether oxygens (including phenoxy) is 2. The van der Waals surface area contributed by atoms with Crippen molar-refractivity contribution >= 4 is 31.7 Å². The first-order chi connectivity index (χ1) is 15.1. The van der Waals surface area contributed by atoms with E-state index in [-0.39, 0.29) is 21.4 Å². The summed E-state index contributed by atoms with van der Waals surface area (Å²) in [7, 11) is -4.89. The predicted molar refractivity (Wildman–Crippen MR) is 121 cm³/mol. The molecular formula is C21H23N3O6S2. The molecule has 0 saturated carbocycles. The van der Waals surface area contributed by atoms with Gasteiger partial charge in [0, 0.05) is 0 Å². The van der Waals surface area contributed by atoms with Gasteiger partial charge in [-0.3, -0.25) is 9.44 Å². The Morgan fingerprint density at radius 1 is 0.688 bits per heavy atom. The molecule has 0 spiro atoms. The highest BCUT2D eigenvalue weighted by Crippen LogP contribution is 2.25. The van der Waals surface area contributed by atoms with Crippen molar-refractivity contribution in [2.75, 3.05) is 23.7 Å². The normalized spacial score (nSPS) is 11.6. The predicted octanol–water partition coefficient (Wildman–Crippen LogP) is 3.32. The summed E-state index contributed by atoms with van der Waals surface area (Å²) < 4.78 is 65.9. The number of hydrogen-bond acceptors (Lipinski definition) is 7. The molecule has 11 heteroatoms. The van der Waals surface area contributed by atoms with Crippen molar-refractivity contribution in [1.82, 2.24) is 4.98 Å². The van der Waals surface area contributed by atoms with Crippen LogP contribution in [0.25, 0.3) is 0 Å². The minimum absolute atomic E-state index is 0.0253. The molecule has 0 amide bonds. The van der Waals surface area contributed by atoms with Gasteiger partial charge in [0.15, 0.2) is 0 Å². The van der Waals surface area contributed by atoms with Crippen molar-refractivity contribution in [2.24, 2.45) is 0 Å². The summed E-state index contributed by atoms with van der Waals surface area (Å²) in [5.41, 5.74) is 1.30. The lowest BCUT2D eigenvalue weighted by atomic mass is 10.2. The standard InChI is InChI=1S/C21H23N3O6S2/c1-14-12-16(8-10-18(14)29-3)31(25,26)23-20-6-5-7-21(22-20)24-32(27,28)17-9-11-19(30-4)15(2)13-17/h5-13H,1-4H3,(H2,22,23,24). The van der Waals surface area contributed by atoms with Crippen LogP contribution in [0, 0.1) is 13.8 Å². The number of methoxy groups -OCH3 is 2. The fourth-order valence-electron chi connectivity index (χ4n) is 2.98. The molecule has 2 N–H and O–H groups in total. The van der Waals surface area contributed by atoms with Crippen molar-refractivity contribution in [1.29, 1.82) is 0 Å². The van der Waals surface area contributed by atoms with Crippen molar-refractivity contribution in [3.8, 4) is 11.5 Å². The van der Waals surface area contributed by atoms with Gasteiger partial charge in [-0.15, -0.1) is 0 Å². The number of aromatic nitrogens is 1. The third-order valence-electron chi connectivity index (χ3n) is 4.58. The average molecular weight is 478 g/mol. The van der Waals surface area contributed by atoms with Gasteiger partial charge in [-0.1, -0.05) is 6.07 Å². The van der Waals surface area contributed by atoms with E-state index in [1.807, 2.05) is 0 Å². The van der Waals surface area contributed by atoms with Gasteiger partial charge in [0.05, 0.1) is 24.0 Å². The van der Waals surface area contributed by atoms with Crippen molar-refractivity contribution in [3.63, 3.8) is 0 Å². The molecule has 0 fully saturated rings. The van der Waals surface area contributed by atoms with E-state index < -0.39 is 20.0 Å². The molecule has 0 saturated heterocycles. The molecule has 0 unspecified atom stereocenters. The summed E-state index contributed by atoms with van der Waals surface area (Å²) in [5, 5.41) is 0. The molecule has 3 aromatic rings. The Bertz CT molecular complexity index is 1250. The van der Waals surface area contributed by atoms with Crippen molar-refractivity contribution < 1.29 is 26.3 Å². The molecular weight excluding hydrogens is 454 g/mol. The lowest BCUT2D eigenvalue weighted by Gasteiger charge is -2.12. The van der Waals surface area contributed by atoms with Crippen molar-refractivity contribution in [3.05, 3.63) is 65.7 Å². The number of pyridine rings is 1. The Morgan fingerprint density at radius 3 is 1.44 bits per heavy atom. The van der Waals surface area contributed by atoms with Gasteiger partial charge in [-0.2, -0.15) is 0 Å². The van der Waals surface area contributed by atoms with Gasteiger partial charge in [-0.05, 0) is 73.5 Å². The average Bonchev–Trinajstić information content (AvgIpc) is 2.73. The highest BCUT2D eigenvalue weighted by molar-refractivity contribution is 7.93. The smallest absolute Gasteiger partial charge is 0.263 e. The van der Waals surface area contributed by atoms with Crippen LogP contribution in [-0.4, -0.2) is 36.0 Å². The van der Waals surface area contributed by atoms with E-state index in [9.17, 15) is 16.8 Å². The molecule has 0 radical (unpaired) electrons. The van der Waals surface area contributed by atoms with Gasteiger partial charge in [-0.25, -0.2) is 21.8 Å². The van der Waals surface area contributed by atoms with Gasteiger partial charge < -0.3 is 9.47 Å². The number of rotatable bonds is 8. The van der Waals surface area contributed by atoms with E-state index >= 15 is 0 Å². The second-order valence-electron chi connectivity index (χ2n) is 6.88. The van der Waals surface area contributed by atoms with Crippen LogP contribution in [0.15, 0.2) is 64.4 Å². The van der Waals surface area contributed by atoms with Crippen LogP contribution in [-0.2, 0) is 20.0 Å². The molecule has 1 heterocycles. The Hall–Kier alpha value is -3.31. The fraction of sp³-hybridized carbons (Fsp3) is 0.190. The Balaban J connectivity index is 1.83. The molecule has 1 aromatic heterocycles. The maximum Gasteiger partial charge on any atom is 0.263 e. The quantitative estimate of drug-likeness (QED) is 0.510. The number of nitrogens with one attached hydrogen (secondary N) is 2. The topological polar surface area (TPSA) is 124 Å². The number of hydrogen-bond donors (Lipinski definition) is 2. The lowest BCUT2D eigenvalue weighted by molar-refractivity contribution is 0.411. The lowest BCUT2D eigenvalue weighted by Crippen LogP contribution is -2.17. The molecule has 0 aliphatic heterocycles. The second kappa shape index (κ2) is 9.05. The van der Waals surface area contributed by atoms with E-state index in [1.54, 1.807) is 26.0 Å². The summed E-state index contributed by atoms with van der Waals surface area (Å²) >= 11 is 0. The van der Waals surface area contributed by atoms with Crippen LogP contribution < -0.4 is 18.9 Å². The van der Waals surface area contributed by atoms with E-state index in [0.717, 1.165) is 0 Å². The van der Waals surface area contributed by atoms with Gasteiger partial charge >= 0.3 is 0 Å². The minimum Gasteiger partial charge on any atom is -0.496 e. The number of benzene rings is 2. The van der Waals surface area contributed by atoms with Gasteiger partial charge in [0.25, 0.3) is 20.0 Å². The minimum atomic E-state index is -3.95. The number of anilines is 2. The first kappa shape index (κ1) is 23.4. The highest BCUT2D eigenvalue weighted by atomic mass is 32.2. The monoisotopic (exact) mass is 477 g/mol. The first-order valence-electron chi connectivity index (χ1n) is 9.38. The molecule has 3 rings (SSSR count). The fourth-order valence-corrected chi connectivity index (χ4v) is 5.15. The van der Waals surface area contributed by atoms with Crippen LogP contribution >= 0.6 is 0 Å². The van der Waals surface area contributed by atoms with Crippen molar-refractivity contribution in [2.45, 2.75) is 23.6 Å². The third kappa shape index (κ3) is 5.11.